The molecule has 1 aromatic rings. The molecule has 0 spiro atoms. The van der Waals surface area contributed by atoms with Gasteiger partial charge in [0.2, 0.25) is 0 Å². The lowest BCUT2D eigenvalue weighted by molar-refractivity contribution is 0.0437. The summed E-state index contributed by atoms with van der Waals surface area (Å²) in [6, 6.07) is 8.55. The van der Waals surface area contributed by atoms with E-state index in [1.54, 1.807) is 0 Å². The third-order valence-corrected chi connectivity index (χ3v) is 3.92. The molecule has 0 aliphatic heterocycles. The molecule has 2 rings (SSSR count). The number of hydrogen-bond donors (Lipinski definition) is 1. The van der Waals surface area contributed by atoms with Gasteiger partial charge in [-0.25, -0.2) is 0 Å². The standard InChI is InChI=1S/C15H22O/c1-3-13-8-9-15(16,10-13)11-14-6-4-12(2)5-7-14/h4-7,13,16H,3,8-11H2,1-2H3. The monoisotopic (exact) mass is 218 g/mol. The van der Waals surface area contributed by atoms with Crippen molar-refractivity contribution in [3.63, 3.8) is 0 Å². The van der Waals surface area contributed by atoms with Gasteiger partial charge >= 0.3 is 0 Å². The lowest BCUT2D eigenvalue weighted by atomic mass is 9.91. The Morgan fingerprint density at radius 2 is 2.00 bits per heavy atom. The lowest BCUT2D eigenvalue weighted by Crippen LogP contribution is -2.27. The van der Waals surface area contributed by atoms with Gasteiger partial charge in [-0.05, 0) is 37.7 Å². The molecule has 2 atom stereocenters. The minimum atomic E-state index is -0.435. The molecule has 16 heavy (non-hydrogen) atoms. The highest BCUT2D eigenvalue weighted by Gasteiger charge is 2.36. The minimum absolute atomic E-state index is 0.435. The Hall–Kier alpha value is -0.820. The van der Waals surface area contributed by atoms with E-state index >= 15 is 0 Å². The van der Waals surface area contributed by atoms with E-state index < -0.39 is 5.60 Å². The van der Waals surface area contributed by atoms with Crippen LogP contribution in [0.2, 0.25) is 0 Å². The third kappa shape index (κ3) is 2.65. The zero-order valence-electron chi connectivity index (χ0n) is 10.4. The molecule has 1 aliphatic carbocycles. The Labute approximate surface area is 98.5 Å². The maximum atomic E-state index is 10.5. The van der Waals surface area contributed by atoms with E-state index in [0.717, 1.165) is 25.2 Å². The highest BCUT2D eigenvalue weighted by atomic mass is 16.3. The van der Waals surface area contributed by atoms with Crippen molar-refractivity contribution in [3.05, 3.63) is 35.4 Å². The Morgan fingerprint density at radius 3 is 2.56 bits per heavy atom. The summed E-state index contributed by atoms with van der Waals surface area (Å²) in [4.78, 5) is 0. The first-order valence-electron chi connectivity index (χ1n) is 6.39. The Morgan fingerprint density at radius 1 is 1.31 bits per heavy atom. The molecule has 0 heterocycles. The summed E-state index contributed by atoms with van der Waals surface area (Å²) in [5.74, 6) is 0.732. The molecule has 1 aliphatic rings. The molecule has 1 saturated carbocycles. The summed E-state index contributed by atoms with van der Waals surface area (Å²) in [5.41, 5.74) is 2.12. The van der Waals surface area contributed by atoms with E-state index in [2.05, 4.69) is 38.1 Å². The number of aryl methyl sites for hydroxylation is 1. The summed E-state index contributed by atoms with van der Waals surface area (Å²) >= 11 is 0. The molecular formula is C15H22O. The zero-order chi connectivity index (χ0) is 11.6. The summed E-state index contributed by atoms with van der Waals surface area (Å²) in [6.45, 7) is 4.32. The van der Waals surface area contributed by atoms with Crippen molar-refractivity contribution in [2.24, 2.45) is 5.92 Å². The summed E-state index contributed by atoms with van der Waals surface area (Å²) < 4.78 is 0. The molecular weight excluding hydrogens is 196 g/mol. The van der Waals surface area contributed by atoms with E-state index in [-0.39, 0.29) is 0 Å². The van der Waals surface area contributed by atoms with Crippen molar-refractivity contribution in [3.8, 4) is 0 Å². The molecule has 0 aromatic heterocycles. The van der Waals surface area contributed by atoms with Gasteiger partial charge < -0.3 is 5.11 Å². The van der Waals surface area contributed by atoms with Crippen molar-refractivity contribution in [1.29, 1.82) is 0 Å². The summed E-state index contributed by atoms with van der Waals surface area (Å²) in [6.07, 6.45) is 5.18. The van der Waals surface area contributed by atoms with E-state index in [0.29, 0.717) is 0 Å². The van der Waals surface area contributed by atoms with E-state index in [1.165, 1.54) is 24.0 Å². The molecule has 0 amide bonds. The van der Waals surface area contributed by atoms with Gasteiger partial charge in [0.25, 0.3) is 0 Å². The van der Waals surface area contributed by atoms with Crippen LogP contribution in [0.3, 0.4) is 0 Å². The molecule has 1 heteroatoms. The molecule has 88 valence electrons. The quantitative estimate of drug-likeness (QED) is 0.823. The molecule has 0 radical (unpaired) electrons. The Kier molecular flexibility index (Phi) is 3.34. The highest BCUT2D eigenvalue weighted by molar-refractivity contribution is 5.23. The van der Waals surface area contributed by atoms with Crippen LogP contribution in [0.15, 0.2) is 24.3 Å². The first kappa shape index (κ1) is 11.7. The van der Waals surface area contributed by atoms with Crippen LogP contribution >= 0.6 is 0 Å². The van der Waals surface area contributed by atoms with Crippen molar-refractivity contribution in [2.75, 3.05) is 0 Å². The average molecular weight is 218 g/mol. The van der Waals surface area contributed by atoms with Crippen molar-refractivity contribution in [2.45, 2.75) is 51.6 Å². The van der Waals surface area contributed by atoms with Gasteiger partial charge in [-0.1, -0.05) is 43.2 Å². The number of rotatable bonds is 3. The number of benzene rings is 1. The van der Waals surface area contributed by atoms with Gasteiger partial charge in [-0.15, -0.1) is 0 Å². The summed E-state index contributed by atoms with van der Waals surface area (Å²) in [7, 11) is 0. The normalized spacial score (nSPS) is 29.6. The predicted molar refractivity (Wildman–Crippen MR) is 67.5 cm³/mol. The second-order valence-corrected chi connectivity index (χ2v) is 5.40. The van der Waals surface area contributed by atoms with E-state index in [9.17, 15) is 5.11 Å². The van der Waals surface area contributed by atoms with Crippen LogP contribution in [0.25, 0.3) is 0 Å². The maximum absolute atomic E-state index is 10.5. The van der Waals surface area contributed by atoms with Crippen molar-refractivity contribution >= 4 is 0 Å². The van der Waals surface area contributed by atoms with Crippen LogP contribution in [-0.2, 0) is 6.42 Å². The van der Waals surface area contributed by atoms with Crippen LogP contribution in [0.4, 0.5) is 0 Å². The third-order valence-electron chi connectivity index (χ3n) is 3.92. The predicted octanol–water partition coefficient (Wildman–Crippen LogP) is 3.48. The van der Waals surface area contributed by atoms with Crippen LogP contribution in [0.1, 0.15) is 43.7 Å². The largest absolute Gasteiger partial charge is 0.390 e. The average Bonchev–Trinajstić information content (AvgIpc) is 2.64. The van der Waals surface area contributed by atoms with Crippen molar-refractivity contribution in [1.82, 2.24) is 0 Å². The highest BCUT2D eigenvalue weighted by Crippen LogP contribution is 2.38. The molecule has 1 aromatic carbocycles. The number of aliphatic hydroxyl groups is 1. The van der Waals surface area contributed by atoms with E-state index in [1.807, 2.05) is 0 Å². The second kappa shape index (κ2) is 4.58. The Bertz CT molecular complexity index is 341. The molecule has 1 N–H and O–H groups in total. The fourth-order valence-corrected chi connectivity index (χ4v) is 2.81. The minimum Gasteiger partial charge on any atom is -0.390 e. The fraction of sp³-hybridized carbons (Fsp3) is 0.600. The first-order chi connectivity index (χ1) is 7.61. The van der Waals surface area contributed by atoms with Crippen LogP contribution in [0, 0.1) is 12.8 Å². The molecule has 0 saturated heterocycles. The molecule has 2 unspecified atom stereocenters. The molecule has 0 bridgehead atoms. The maximum Gasteiger partial charge on any atom is 0.0690 e. The topological polar surface area (TPSA) is 20.2 Å². The van der Waals surface area contributed by atoms with Gasteiger partial charge in [0.15, 0.2) is 0 Å². The van der Waals surface area contributed by atoms with Crippen LogP contribution in [0.5, 0.6) is 0 Å². The SMILES string of the molecule is CCC1CCC(O)(Cc2ccc(C)cc2)C1. The number of hydrogen-bond acceptors (Lipinski definition) is 1. The fourth-order valence-electron chi connectivity index (χ4n) is 2.81. The Balaban J connectivity index is 2.01. The van der Waals surface area contributed by atoms with Gasteiger partial charge in [0.05, 0.1) is 5.60 Å². The smallest absolute Gasteiger partial charge is 0.0690 e. The van der Waals surface area contributed by atoms with Crippen LogP contribution < -0.4 is 0 Å². The van der Waals surface area contributed by atoms with Gasteiger partial charge in [-0.2, -0.15) is 0 Å². The first-order valence-corrected chi connectivity index (χ1v) is 6.39. The van der Waals surface area contributed by atoms with Gasteiger partial charge in [0, 0.05) is 6.42 Å². The van der Waals surface area contributed by atoms with E-state index in [4.69, 9.17) is 0 Å². The lowest BCUT2D eigenvalue weighted by Gasteiger charge is -2.23. The molecule has 1 nitrogen and oxygen atoms in total. The molecule has 1 fully saturated rings. The second-order valence-electron chi connectivity index (χ2n) is 5.40. The van der Waals surface area contributed by atoms with Crippen LogP contribution in [-0.4, -0.2) is 10.7 Å². The zero-order valence-corrected chi connectivity index (χ0v) is 10.4. The summed E-state index contributed by atoms with van der Waals surface area (Å²) in [5, 5.41) is 10.5. The van der Waals surface area contributed by atoms with Gasteiger partial charge in [0.1, 0.15) is 0 Å². The van der Waals surface area contributed by atoms with Crippen molar-refractivity contribution < 1.29 is 5.11 Å². The van der Waals surface area contributed by atoms with Gasteiger partial charge in [-0.3, -0.25) is 0 Å².